The summed E-state index contributed by atoms with van der Waals surface area (Å²) >= 11 is 1.06. The molecule has 1 unspecified atom stereocenters. The second-order valence-electron chi connectivity index (χ2n) is 6.91. The zero-order chi connectivity index (χ0) is 22.4. The van der Waals surface area contributed by atoms with Gasteiger partial charge in [-0.25, -0.2) is 4.79 Å². The molecule has 0 bridgehead atoms. The van der Waals surface area contributed by atoms with Crippen molar-refractivity contribution in [1.82, 2.24) is 5.32 Å². The van der Waals surface area contributed by atoms with E-state index in [1.165, 1.54) is 0 Å². The van der Waals surface area contributed by atoms with Gasteiger partial charge >= 0.3 is 5.97 Å². The molecule has 3 aromatic rings. The van der Waals surface area contributed by atoms with Crippen LogP contribution in [0.25, 0.3) is 0 Å². The van der Waals surface area contributed by atoms with Crippen molar-refractivity contribution in [1.29, 1.82) is 0 Å². The molecule has 0 radical (unpaired) electrons. The number of hydrogen-bond donors (Lipinski definition) is 2. The van der Waals surface area contributed by atoms with Crippen LogP contribution >= 0.6 is 11.3 Å². The maximum absolute atomic E-state index is 13.0. The Morgan fingerprint density at radius 3 is 2.19 bits per heavy atom. The van der Waals surface area contributed by atoms with E-state index < -0.39 is 5.97 Å². The van der Waals surface area contributed by atoms with E-state index in [0.717, 1.165) is 16.9 Å². The van der Waals surface area contributed by atoms with Crippen molar-refractivity contribution in [3.8, 4) is 0 Å². The molecule has 0 aliphatic carbocycles. The van der Waals surface area contributed by atoms with E-state index in [-0.39, 0.29) is 30.0 Å². The summed E-state index contributed by atoms with van der Waals surface area (Å²) in [6, 6.07) is 18.0. The Morgan fingerprint density at radius 2 is 1.58 bits per heavy atom. The topological polar surface area (TPSA) is 84.5 Å². The minimum atomic E-state index is -0.574. The van der Waals surface area contributed by atoms with E-state index in [0.29, 0.717) is 21.0 Å². The van der Waals surface area contributed by atoms with Crippen molar-refractivity contribution in [2.45, 2.75) is 26.8 Å². The van der Waals surface area contributed by atoms with Crippen LogP contribution in [-0.4, -0.2) is 24.4 Å². The Morgan fingerprint density at radius 1 is 0.968 bits per heavy atom. The molecular weight excluding hydrogens is 412 g/mol. The van der Waals surface area contributed by atoms with Gasteiger partial charge in [-0.1, -0.05) is 48.5 Å². The zero-order valence-corrected chi connectivity index (χ0v) is 18.4. The van der Waals surface area contributed by atoms with Crippen LogP contribution in [-0.2, 0) is 4.74 Å². The van der Waals surface area contributed by atoms with Gasteiger partial charge in [-0.3, -0.25) is 9.59 Å². The number of carbonyl (C=O) groups is 3. The normalized spacial score (nSPS) is 11.5. The highest BCUT2D eigenvalue weighted by atomic mass is 32.1. The predicted octanol–water partition coefficient (Wildman–Crippen LogP) is 4.98. The van der Waals surface area contributed by atoms with Crippen LogP contribution in [0.3, 0.4) is 0 Å². The molecule has 3 rings (SSSR count). The monoisotopic (exact) mass is 436 g/mol. The molecule has 2 amide bonds. The van der Waals surface area contributed by atoms with Crippen molar-refractivity contribution in [3.05, 3.63) is 87.8 Å². The van der Waals surface area contributed by atoms with Gasteiger partial charge in [0, 0.05) is 5.56 Å². The van der Waals surface area contributed by atoms with Gasteiger partial charge in [0.1, 0.15) is 5.00 Å². The molecule has 31 heavy (non-hydrogen) atoms. The molecule has 0 aliphatic rings. The number of rotatable bonds is 7. The first-order chi connectivity index (χ1) is 14.9. The number of hydrogen-bond acceptors (Lipinski definition) is 5. The number of amides is 2. The largest absolute Gasteiger partial charge is 0.462 e. The first kappa shape index (κ1) is 22.2. The van der Waals surface area contributed by atoms with E-state index in [4.69, 9.17) is 4.74 Å². The number of esters is 1. The Hall–Kier alpha value is -3.45. The highest BCUT2D eigenvalue weighted by molar-refractivity contribution is 7.18. The van der Waals surface area contributed by atoms with Crippen molar-refractivity contribution in [2.75, 3.05) is 11.9 Å². The summed E-state index contributed by atoms with van der Waals surface area (Å²) in [6.07, 6.45) is 0. The predicted molar refractivity (Wildman–Crippen MR) is 122 cm³/mol. The summed E-state index contributed by atoms with van der Waals surface area (Å²) in [5.41, 5.74) is 2.10. The third-order valence-electron chi connectivity index (χ3n) is 4.74. The number of thiophene rings is 1. The molecule has 6 nitrogen and oxygen atoms in total. The highest BCUT2D eigenvalue weighted by Gasteiger charge is 2.27. The molecule has 0 saturated heterocycles. The molecule has 0 aliphatic heterocycles. The lowest BCUT2D eigenvalue weighted by Crippen LogP contribution is -2.26. The molecule has 0 spiro atoms. The number of anilines is 1. The Labute approximate surface area is 185 Å². The molecule has 1 atom stereocenters. The summed E-state index contributed by atoms with van der Waals surface area (Å²) in [4.78, 5) is 38.6. The van der Waals surface area contributed by atoms with E-state index in [9.17, 15) is 14.4 Å². The average molecular weight is 437 g/mol. The number of ether oxygens (including phenoxy) is 1. The molecule has 0 saturated carbocycles. The lowest BCUT2D eigenvalue weighted by Gasteiger charge is -2.14. The standard InChI is InChI=1S/C24H24N2O4S/c1-4-30-24(29)19-15(2)20(22(28)25-16(3)17-11-7-5-8-12-17)31-23(19)26-21(27)18-13-9-6-10-14-18/h5-14,16H,4H2,1-3H3,(H,25,28)(H,26,27). The first-order valence-electron chi connectivity index (χ1n) is 9.95. The Balaban J connectivity index is 1.90. The van der Waals surface area contributed by atoms with Crippen molar-refractivity contribution in [2.24, 2.45) is 0 Å². The molecule has 0 fully saturated rings. The minimum Gasteiger partial charge on any atom is -0.462 e. The number of carbonyl (C=O) groups excluding carboxylic acids is 3. The van der Waals surface area contributed by atoms with Crippen molar-refractivity contribution >= 4 is 34.1 Å². The quantitative estimate of drug-likeness (QED) is 0.512. The van der Waals surface area contributed by atoms with Crippen molar-refractivity contribution < 1.29 is 19.1 Å². The van der Waals surface area contributed by atoms with Crippen molar-refractivity contribution in [3.63, 3.8) is 0 Å². The average Bonchev–Trinajstić information content (AvgIpc) is 3.10. The number of nitrogens with one attached hydrogen (secondary N) is 2. The summed E-state index contributed by atoms with van der Waals surface area (Å²) in [6.45, 7) is 5.47. The van der Waals surface area contributed by atoms with E-state index in [2.05, 4.69) is 10.6 Å². The summed E-state index contributed by atoms with van der Waals surface area (Å²) in [5, 5.41) is 6.02. The van der Waals surface area contributed by atoms with Crippen LogP contribution in [0.2, 0.25) is 0 Å². The molecule has 160 valence electrons. The van der Waals surface area contributed by atoms with E-state index in [1.54, 1.807) is 38.1 Å². The fraction of sp³-hybridized carbons (Fsp3) is 0.208. The van der Waals surface area contributed by atoms with Crippen LogP contribution in [0.1, 0.15) is 61.4 Å². The molecular formula is C24H24N2O4S. The summed E-state index contributed by atoms with van der Waals surface area (Å²) in [5.74, 6) is -1.25. The van der Waals surface area contributed by atoms with Crippen LogP contribution in [0, 0.1) is 6.92 Å². The highest BCUT2D eigenvalue weighted by Crippen LogP contribution is 2.34. The maximum Gasteiger partial charge on any atom is 0.341 e. The van der Waals surface area contributed by atoms with E-state index in [1.807, 2.05) is 43.3 Å². The third-order valence-corrected chi connectivity index (χ3v) is 5.95. The first-order valence-corrected chi connectivity index (χ1v) is 10.8. The lowest BCUT2D eigenvalue weighted by atomic mass is 10.1. The van der Waals surface area contributed by atoms with Crippen LogP contribution < -0.4 is 10.6 Å². The van der Waals surface area contributed by atoms with Gasteiger partial charge in [-0.2, -0.15) is 0 Å². The van der Waals surface area contributed by atoms with E-state index >= 15 is 0 Å². The molecule has 2 N–H and O–H groups in total. The number of benzene rings is 2. The SMILES string of the molecule is CCOC(=O)c1c(NC(=O)c2ccccc2)sc(C(=O)NC(C)c2ccccc2)c1C. The van der Waals surface area contributed by atoms with Gasteiger partial charge in [-0.15, -0.1) is 11.3 Å². The lowest BCUT2D eigenvalue weighted by molar-refractivity contribution is 0.0527. The van der Waals surface area contributed by atoms with Crippen LogP contribution in [0.5, 0.6) is 0 Å². The smallest absolute Gasteiger partial charge is 0.341 e. The molecule has 7 heteroatoms. The molecule has 1 aromatic heterocycles. The zero-order valence-electron chi connectivity index (χ0n) is 17.6. The molecule has 1 heterocycles. The minimum absolute atomic E-state index is 0.187. The summed E-state index contributed by atoms with van der Waals surface area (Å²) < 4.78 is 5.16. The van der Waals surface area contributed by atoms with Crippen LogP contribution in [0.4, 0.5) is 5.00 Å². The fourth-order valence-corrected chi connectivity index (χ4v) is 4.21. The van der Waals surface area contributed by atoms with Crippen LogP contribution in [0.15, 0.2) is 60.7 Å². The molecule has 2 aromatic carbocycles. The third kappa shape index (κ3) is 5.19. The van der Waals surface area contributed by atoms with Gasteiger partial charge in [-0.05, 0) is 44.0 Å². The van der Waals surface area contributed by atoms with Gasteiger partial charge in [0.2, 0.25) is 0 Å². The van der Waals surface area contributed by atoms with Gasteiger partial charge in [0.15, 0.2) is 0 Å². The second kappa shape index (κ2) is 10.0. The summed E-state index contributed by atoms with van der Waals surface area (Å²) in [7, 11) is 0. The Kier molecular flexibility index (Phi) is 7.20. The Bertz CT molecular complexity index is 1080. The van der Waals surface area contributed by atoms with Gasteiger partial charge in [0.25, 0.3) is 11.8 Å². The maximum atomic E-state index is 13.0. The second-order valence-corrected chi connectivity index (χ2v) is 7.93. The van der Waals surface area contributed by atoms with Gasteiger partial charge < -0.3 is 15.4 Å². The fourth-order valence-electron chi connectivity index (χ4n) is 3.12. The van der Waals surface area contributed by atoms with Gasteiger partial charge in [0.05, 0.1) is 23.1 Å².